The fourth-order valence-electron chi connectivity index (χ4n) is 1.63. The molecule has 3 heterocycles. The Morgan fingerprint density at radius 1 is 1.38 bits per heavy atom. The normalized spacial score (nSPS) is 11.1. The van der Waals surface area contributed by atoms with Crippen LogP contribution in [0.5, 0.6) is 0 Å². The maximum atomic E-state index is 5.82. The van der Waals surface area contributed by atoms with E-state index in [0.29, 0.717) is 11.7 Å². The highest BCUT2D eigenvalue weighted by molar-refractivity contribution is 6.29. The molecule has 0 N–H and O–H groups in total. The summed E-state index contributed by atoms with van der Waals surface area (Å²) in [4.78, 5) is 8.43. The van der Waals surface area contributed by atoms with E-state index in [-0.39, 0.29) is 0 Å². The monoisotopic (exact) mass is 233 g/mol. The molecule has 3 aromatic heterocycles. The lowest BCUT2D eigenvalue weighted by Crippen LogP contribution is -1.98. The molecule has 3 rings (SSSR count). The summed E-state index contributed by atoms with van der Waals surface area (Å²) in [5, 5.41) is 0.395. The fourth-order valence-corrected chi connectivity index (χ4v) is 1.75. The number of fused-ring (bicyclic) bond motifs is 1. The molecule has 0 aliphatic carbocycles. The zero-order valence-electron chi connectivity index (χ0n) is 8.30. The van der Waals surface area contributed by atoms with Crippen LogP contribution in [0.15, 0.2) is 41.3 Å². The molecule has 0 aliphatic heterocycles. The quantitative estimate of drug-likeness (QED) is 0.684. The van der Waals surface area contributed by atoms with Gasteiger partial charge in [0.1, 0.15) is 16.4 Å². The minimum atomic E-state index is 0.395. The molecule has 0 unspecified atom stereocenters. The van der Waals surface area contributed by atoms with Crippen molar-refractivity contribution in [3.05, 3.63) is 47.8 Å². The van der Waals surface area contributed by atoms with Gasteiger partial charge >= 0.3 is 0 Å². The Balaban J connectivity index is 2.07. The molecule has 0 amide bonds. The molecule has 4 nitrogen and oxygen atoms in total. The van der Waals surface area contributed by atoms with Crippen LogP contribution in [0, 0.1) is 0 Å². The van der Waals surface area contributed by atoms with E-state index in [1.807, 2.05) is 29.0 Å². The third-order valence-corrected chi connectivity index (χ3v) is 2.52. The average Bonchev–Trinajstić information content (AvgIpc) is 2.90. The lowest BCUT2D eigenvalue weighted by molar-refractivity contribution is 0.496. The van der Waals surface area contributed by atoms with Crippen molar-refractivity contribution >= 4 is 22.8 Å². The van der Waals surface area contributed by atoms with Crippen molar-refractivity contribution in [1.29, 1.82) is 0 Å². The Morgan fingerprint density at radius 2 is 2.31 bits per heavy atom. The summed E-state index contributed by atoms with van der Waals surface area (Å²) in [6.07, 6.45) is 5.12. The molecule has 0 fully saturated rings. The van der Waals surface area contributed by atoms with Gasteiger partial charge in [0.15, 0.2) is 5.65 Å². The summed E-state index contributed by atoms with van der Waals surface area (Å²) in [5.41, 5.74) is 1.60. The Labute approximate surface area is 96.5 Å². The van der Waals surface area contributed by atoms with Gasteiger partial charge in [-0.15, -0.1) is 0 Å². The van der Waals surface area contributed by atoms with Gasteiger partial charge < -0.3 is 8.98 Å². The SMILES string of the molecule is Clc1cnc2ccn(Cc3ccco3)c2n1. The average molecular weight is 234 g/mol. The smallest absolute Gasteiger partial charge is 0.160 e. The Bertz CT molecular complexity index is 615. The molecule has 0 saturated heterocycles. The van der Waals surface area contributed by atoms with Gasteiger partial charge in [-0.25, -0.2) is 9.97 Å². The Hall–Kier alpha value is -1.81. The van der Waals surface area contributed by atoms with Crippen molar-refractivity contribution in [3.8, 4) is 0 Å². The van der Waals surface area contributed by atoms with Gasteiger partial charge in [0.25, 0.3) is 0 Å². The van der Waals surface area contributed by atoms with Crippen LogP contribution < -0.4 is 0 Å². The maximum Gasteiger partial charge on any atom is 0.160 e. The standard InChI is InChI=1S/C11H8ClN3O/c12-10-6-13-9-3-4-15(11(9)14-10)7-8-2-1-5-16-8/h1-6H,7H2. The van der Waals surface area contributed by atoms with E-state index in [4.69, 9.17) is 16.0 Å². The second kappa shape index (κ2) is 3.64. The number of rotatable bonds is 2. The number of hydrogen-bond acceptors (Lipinski definition) is 3. The molecule has 0 aromatic carbocycles. The van der Waals surface area contributed by atoms with Crippen LogP contribution in [-0.2, 0) is 6.54 Å². The second-order valence-corrected chi connectivity index (χ2v) is 3.81. The zero-order chi connectivity index (χ0) is 11.0. The van der Waals surface area contributed by atoms with Crippen molar-refractivity contribution in [3.63, 3.8) is 0 Å². The first-order valence-electron chi connectivity index (χ1n) is 4.83. The molecule has 0 atom stereocenters. The van der Waals surface area contributed by atoms with Gasteiger partial charge in [-0.05, 0) is 18.2 Å². The van der Waals surface area contributed by atoms with Crippen LogP contribution in [-0.4, -0.2) is 14.5 Å². The molecule has 80 valence electrons. The predicted octanol–water partition coefficient (Wildman–Crippen LogP) is 2.73. The van der Waals surface area contributed by atoms with E-state index < -0.39 is 0 Å². The summed E-state index contributed by atoms with van der Waals surface area (Å²) in [6, 6.07) is 5.69. The third-order valence-electron chi connectivity index (χ3n) is 2.34. The van der Waals surface area contributed by atoms with E-state index in [0.717, 1.165) is 16.9 Å². The van der Waals surface area contributed by atoms with E-state index in [1.165, 1.54) is 0 Å². The molecular formula is C11H8ClN3O. The first-order valence-corrected chi connectivity index (χ1v) is 5.20. The number of nitrogens with zero attached hydrogens (tertiary/aromatic N) is 3. The lowest BCUT2D eigenvalue weighted by atomic mass is 10.4. The molecule has 0 saturated carbocycles. The van der Waals surface area contributed by atoms with Crippen molar-refractivity contribution in [2.45, 2.75) is 6.54 Å². The van der Waals surface area contributed by atoms with Gasteiger partial charge in [0.05, 0.1) is 19.0 Å². The molecule has 3 aromatic rings. The largest absolute Gasteiger partial charge is 0.467 e. The first-order chi connectivity index (χ1) is 7.83. The first kappa shape index (κ1) is 9.42. The van der Waals surface area contributed by atoms with E-state index in [2.05, 4.69) is 9.97 Å². The summed E-state index contributed by atoms with van der Waals surface area (Å²) < 4.78 is 7.24. The highest BCUT2D eigenvalue weighted by Gasteiger charge is 2.06. The lowest BCUT2D eigenvalue weighted by Gasteiger charge is -2.01. The van der Waals surface area contributed by atoms with Crippen LogP contribution in [0.1, 0.15) is 5.76 Å². The Kier molecular flexibility index (Phi) is 2.15. The highest BCUT2D eigenvalue weighted by Crippen LogP contribution is 2.15. The van der Waals surface area contributed by atoms with Gasteiger partial charge in [0, 0.05) is 6.20 Å². The summed E-state index contributed by atoms with van der Waals surface area (Å²) in [6.45, 7) is 0.630. The van der Waals surface area contributed by atoms with Gasteiger partial charge in [-0.3, -0.25) is 0 Å². The highest BCUT2D eigenvalue weighted by atomic mass is 35.5. The van der Waals surface area contributed by atoms with Gasteiger partial charge in [-0.1, -0.05) is 11.6 Å². The summed E-state index contributed by atoms with van der Waals surface area (Å²) in [5.74, 6) is 0.874. The van der Waals surface area contributed by atoms with E-state index >= 15 is 0 Å². The van der Waals surface area contributed by atoms with Crippen molar-refractivity contribution in [2.75, 3.05) is 0 Å². The number of aromatic nitrogens is 3. The molecule has 0 radical (unpaired) electrons. The maximum absolute atomic E-state index is 5.82. The topological polar surface area (TPSA) is 43.9 Å². The molecule has 16 heavy (non-hydrogen) atoms. The van der Waals surface area contributed by atoms with Crippen molar-refractivity contribution < 1.29 is 4.42 Å². The van der Waals surface area contributed by atoms with Crippen LogP contribution in [0.25, 0.3) is 11.2 Å². The van der Waals surface area contributed by atoms with Crippen LogP contribution in [0.2, 0.25) is 5.15 Å². The second-order valence-electron chi connectivity index (χ2n) is 3.42. The molecule has 0 bridgehead atoms. The van der Waals surface area contributed by atoms with E-state index in [9.17, 15) is 0 Å². The van der Waals surface area contributed by atoms with Crippen molar-refractivity contribution in [2.24, 2.45) is 0 Å². The summed E-state index contributed by atoms with van der Waals surface area (Å²) in [7, 11) is 0. The minimum Gasteiger partial charge on any atom is -0.467 e. The molecule has 0 spiro atoms. The molecule has 0 aliphatic rings. The number of hydrogen-bond donors (Lipinski definition) is 0. The molecule has 5 heteroatoms. The van der Waals surface area contributed by atoms with Crippen LogP contribution in [0.3, 0.4) is 0 Å². The minimum absolute atomic E-state index is 0.395. The third kappa shape index (κ3) is 1.57. The van der Waals surface area contributed by atoms with Gasteiger partial charge in [-0.2, -0.15) is 0 Å². The Morgan fingerprint density at radius 3 is 3.12 bits per heavy atom. The zero-order valence-corrected chi connectivity index (χ0v) is 9.05. The number of furan rings is 1. The fraction of sp³-hybridized carbons (Fsp3) is 0.0909. The van der Waals surface area contributed by atoms with Crippen molar-refractivity contribution in [1.82, 2.24) is 14.5 Å². The van der Waals surface area contributed by atoms with E-state index in [1.54, 1.807) is 12.5 Å². The predicted molar refractivity (Wildman–Crippen MR) is 60.3 cm³/mol. The van der Waals surface area contributed by atoms with Gasteiger partial charge in [0.2, 0.25) is 0 Å². The number of halogens is 1. The molecular weight excluding hydrogens is 226 g/mol. The summed E-state index contributed by atoms with van der Waals surface area (Å²) >= 11 is 5.82. The van der Waals surface area contributed by atoms with Crippen LogP contribution >= 0.6 is 11.6 Å². The van der Waals surface area contributed by atoms with Crippen LogP contribution in [0.4, 0.5) is 0 Å².